The summed E-state index contributed by atoms with van der Waals surface area (Å²) in [5, 5.41) is 8.98. The lowest BCUT2D eigenvalue weighted by Crippen LogP contribution is -2.33. The smallest absolute Gasteiger partial charge is 0.338 e. The highest BCUT2D eigenvalue weighted by Gasteiger charge is 2.19. The summed E-state index contributed by atoms with van der Waals surface area (Å²) in [6.07, 6.45) is 0. The van der Waals surface area contributed by atoms with Crippen molar-refractivity contribution in [3.05, 3.63) is 71.3 Å². The van der Waals surface area contributed by atoms with Gasteiger partial charge in [-0.1, -0.05) is 42.5 Å². The first kappa shape index (κ1) is 17.7. The Kier molecular flexibility index (Phi) is 6.09. The highest BCUT2D eigenvalue weighted by Crippen LogP contribution is 2.18. The van der Waals surface area contributed by atoms with Crippen molar-refractivity contribution in [3.8, 4) is 0 Å². The number of aliphatic hydroxyl groups excluding tert-OH is 1. The summed E-state index contributed by atoms with van der Waals surface area (Å²) >= 11 is 0. The van der Waals surface area contributed by atoms with E-state index >= 15 is 0 Å². The van der Waals surface area contributed by atoms with Crippen LogP contribution < -0.4 is 0 Å². The predicted molar refractivity (Wildman–Crippen MR) is 90.3 cm³/mol. The Hall–Kier alpha value is -2.66. The van der Waals surface area contributed by atoms with E-state index in [0.717, 1.165) is 5.56 Å². The maximum atomic E-state index is 12.2. The van der Waals surface area contributed by atoms with Gasteiger partial charge in [-0.15, -0.1) is 0 Å². The van der Waals surface area contributed by atoms with E-state index < -0.39 is 5.97 Å². The van der Waals surface area contributed by atoms with Crippen molar-refractivity contribution in [1.82, 2.24) is 4.90 Å². The maximum absolute atomic E-state index is 12.2. The summed E-state index contributed by atoms with van der Waals surface area (Å²) in [7, 11) is 1.68. The third-order valence-electron chi connectivity index (χ3n) is 3.96. The van der Waals surface area contributed by atoms with E-state index in [-0.39, 0.29) is 25.2 Å². The van der Waals surface area contributed by atoms with Crippen molar-refractivity contribution in [3.63, 3.8) is 0 Å². The number of amides is 1. The van der Waals surface area contributed by atoms with E-state index in [1.807, 2.05) is 37.3 Å². The quantitative estimate of drug-likeness (QED) is 0.828. The second-order valence-corrected chi connectivity index (χ2v) is 5.52. The van der Waals surface area contributed by atoms with Crippen molar-refractivity contribution in [2.75, 3.05) is 13.7 Å². The number of nitrogens with zero attached hydrogens (tertiary/aromatic N) is 1. The molecule has 0 aliphatic carbocycles. The van der Waals surface area contributed by atoms with Gasteiger partial charge in [-0.3, -0.25) is 4.79 Å². The van der Waals surface area contributed by atoms with Crippen LogP contribution >= 0.6 is 0 Å². The van der Waals surface area contributed by atoms with E-state index in [9.17, 15) is 9.59 Å². The first-order valence-corrected chi connectivity index (χ1v) is 7.70. The van der Waals surface area contributed by atoms with Crippen LogP contribution in [0.5, 0.6) is 0 Å². The van der Waals surface area contributed by atoms with E-state index in [0.29, 0.717) is 11.1 Å². The molecular weight excluding hydrogens is 306 g/mol. The summed E-state index contributed by atoms with van der Waals surface area (Å²) < 4.78 is 5.08. The normalized spacial score (nSPS) is 11.6. The van der Waals surface area contributed by atoms with E-state index in [4.69, 9.17) is 9.84 Å². The number of hydrogen-bond donors (Lipinski definition) is 1. The van der Waals surface area contributed by atoms with Gasteiger partial charge in [-0.25, -0.2) is 4.79 Å². The van der Waals surface area contributed by atoms with Crippen LogP contribution in [0.3, 0.4) is 0 Å². The van der Waals surface area contributed by atoms with Crippen LogP contribution in [-0.2, 0) is 16.1 Å². The Morgan fingerprint density at radius 2 is 1.71 bits per heavy atom. The van der Waals surface area contributed by atoms with Gasteiger partial charge in [-0.2, -0.15) is 0 Å². The molecule has 5 heteroatoms. The summed E-state index contributed by atoms with van der Waals surface area (Å²) in [5.41, 5.74) is 2.07. The Morgan fingerprint density at radius 3 is 2.29 bits per heavy atom. The molecule has 0 aromatic heterocycles. The number of carbonyl (C=O) groups is 2. The molecule has 0 saturated carbocycles. The second-order valence-electron chi connectivity index (χ2n) is 5.52. The zero-order valence-corrected chi connectivity index (χ0v) is 13.8. The minimum Gasteiger partial charge on any atom is -0.452 e. The number of aliphatic hydroxyl groups is 1. The Morgan fingerprint density at radius 1 is 1.08 bits per heavy atom. The minimum absolute atomic E-state index is 0.0873. The van der Waals surface area contributed by atoms with Gasteiger partial charge >= 0.3 is 5.97 Å². The lowest BCUT2D eigenvalue weighted by atomic mass is 10.1. The fourth-order valence-corrected chi connectivity index (χ4v) is 2.23. The number of likely N-dealkylation sites (N-methyl/N-ethyl adjacent to an activating group) is 1. The van der Waals surface area contributed by atoms with Gasteiger partial charge in [0, 0.05) is 7.05 Å². The van der Waals surface area contributed by atoms with E-state index in [1.165, 1.54) is 0 Å². The number of rotatable bonds is 6. The molecule has 0 aliphatic rings. The van der Waals surface area contributed by atoms with Crippen LogP contribution in [0.4, 0.5) is 0 Å². The van der Waals surface area contributed by atoms with Gasteiger partial charge in [0.05, 0.1) is 18.2 Å². The maximum Gasteiger partial charge on any atom is 0.338 e. The fourth-order valence-electron chi connectivity index (χ4n) is 2.23. The van der Waals surface area contributed by atoms with Gasteiger partial charge in [0.1, 0.15) is 0 Å². The molecule has 0 fully saturated rings. The molecule has 126 valence electrons. The van der Waals surface area contributed by atoms with Gasteiger partial charge in [0.25, 0.3) is 5.91 Å². The van der Waals surface area contributed by atoms with E-state index in [2.05, 4.69) is 0 Å². The van der Waals surface area contributed by atoms with Crippen LogP contribution in [0.15, 0.2) is 54.6 Å². The summed E-state index contributed by atoms with van der Waals surface area (Å²) in [5.74, 6) is -0.833. The molecule has 24 heavy (non-hydrogen) atoms. The SMILES string of the molecule is CC(c1ccccc1)N(C)C(=O)COC(=O)c1ccc(CO)cc1. The largest absolute Gasteiger partial charge is 0.452 e. The molecule has 5 nitrogen and oxygen atoms in total. The average molecular weight is 327 g/mol. The Bertz CT molecular complexity index is 682. The Labute approximate surface area is 141 Å². The first-order valence-electron chi connectivity index (χ1n) is 7.70. The average Bonchev–Trinajstić information content (AvgIpc) is 2.65. The summed E-state index contributed by atoms with van der Waals surface area (Å²) in [4.78, 5) is 25.7. The molecule has 0 spiro atoms. The zero-order valence-electron chi connectivity index (χ0n) is 13.8. The zero-order chi connectivity index (χ0) is 17.5. The topological polar surface area (TPSA) is 66.8 Å². The minimum atomic E-state index is -0.561. The third kappa shape index (κ3) is 4.43. The molecule has 0 radical (unpaired) electrons. The van der Waals surface area contributed by atoms with Crippen LogP contribution in [0.1, 0.15) is 34.5 Å². The van der Waals surface area contributed by atoms with Crippen molar-refractivity contribution in [2.24, 2.45) is 0 Å². The Balaban J connectivity index is 1.90. The number of esters is 1. The number of carbonyl (C=O) groups excluding carboxylic acids is 2. The number of hydrogen-bond acceptors (Lipinski definition) is 4. The predicted octanol–water partition coefficient (Wildman–Crippen LogP) is 2.56. The standard InChI is InChI=1S/C19H21NO4/c1-14(16-6-4-3-5-7-16)20(2)18(22)13-24-19(23)17-10-8-15(12-21)9-11-17/h3-11,14,21H,12-13H2,1-2H3. The highest BCUT2D eigenvalue weighted by atomic mass is 16.5. The number of ether oxygens (including phenoxy) is 1. The van der Waals surface area contributed by atoms with Crippen LogP contribution in [0, 0.1) is 0 Å². The molecule has 1 N–H and O–H groups in total. The second kappa shape index (κ2) is 8.26. The van der Waals surface area contributed by atoms with Crippen molar-refractivity contribution >= 4 is 11.9 Å². The monoisotopic (exact) mass is 327 g/mol. The van der Waals surface area contributed by atoms with Gasteiger partial charge in [-0.05, 0) is 30.2 Å². The lowest BCUT2D eigenvalue weighted by molar-refractivity contribution is -0.135. The molecule has 0 heterocycles. The lowest BCUT2D eigenvalue weighted by Gasteiger charge is -2.25. The van der Waals surface area contributed by atoms with Crippen LogP contribution in [0.2, 0.25) is 0 Å². The molecule has 1 atom stereocenters. The first-order chi connectivity index (χ1) is 11.5. The molecule has 1 amide bonds. The molecule has 0 aliphatic heterocycles. The van der Waals surface area contributed by atoms with Crippen LogP contribution in [0.25, 0.3) is 0 Å². The highest BCUT2D eigenvalue weighted by molar-refractivity contribution is 5.91. The van der Waals surface area contributed by atoms with Crippen molar-refractivity contribution < 1.29 is 19.4 Å². The molecule has 2 aromatic rings. The molecule has 1 unspecified atom stereocenters. The van der Waals surface area contributed by atoms with Crippen molar-refractivity contribution in [1.29, 1.82) is 0 Å². The number of benzene rings is 2. The summed E-state index contributed by atoms with van der Waals surface area (Å²) in [6.45, 7) is 1.52. The van der Waals surface area contributed by atoms with Gasteiger partial charge < -0.3 is 14.7 Å². The van der Waals surface area contributed by atoms with Gasteiger partial charge in [0.15, 0.2) is 6.61 Å². The van der Waals surface area contributed by atoms with Gasteiger partial charge in [0.2, 0.25) is 0 Å². The molecular formula is C19H21NO4. The van der Waals surface area contributed by atoms with Crippen molar-refractivity contribution in [2.45, 2.75) is 19.6 Å². The molecule has 0 saturated heterocycles. The van der Waals surface area contributed by atoms with E-state index in [1.54, 1.807) is 36.2 Å². The fraction of sp³-hybridized carbons (Fsp3) is 0.263. The third-order valence-corrected chi connectivity index (χ3v) is 3.96. The molecule has 0 bridgehead atoms. The summed E-state index contributed by atoms with van der Waals surface area (Å²) in [6, 6.07) is 15.9. The molecule has 2 aromatic carbocycles. The van der Waals surface area contributed by atoms with Crippen LogP contribution in [-0.4, -0.2) is 35.5 Å². The molecule has 2 rings (SSSR count).